The molecule has 142 valence electrons. The van der Waals surface area contributed by atoms with Gasteiger partial charge in [0, 0.05) is 26.2 Å². The van der Waals surface area contributed by atoms with Crippen LogP contribution in [0.4, 0.5) is 5.13 Å². The van der Waals surface area contributed by atoms with Gasteiger partial charge >= 0.3 is 0 Å². The summed E-state index contributed by atoms with van der Waals surface area (Å²) in [5.74, 6) is 0.723. The molecule has 27 heavy (non-hydrogen) atoms. The highest BCUT2D eigenvalue weighted by Gasteiger charge is 2.26. The largest absolute Gasteiger partial charge is 0.494 e. The topological polar surface area (TPSA) is 45.7 Å². The van der Waals surface area contributed by atoms with Crippen molar-refractivity contribution in [3.63, 3.8) is 0 Å². The van der Waals surface area contributed by atoms with Crippen molar-refractivity contribution in [2.24, 2.45) is 0 Å². The van der Waals surface area contributed by atoms with E-state index in [1.807, 2.05) is 11.0 Å². The summed E-state index contributed by atoms with van der Waals surface area (Å²) in [6.07, 6.45) is 0. The average Bonchev–Trinajstić information content (AvgIpc) is 3.26. The summed E-state index contributed by atoms with van der Waals surface area (Å²) < 4.78 is 7.56. The fourth-order valence-electron chi connectivity index (χ4n) is 3.16. The van der Waals surface area contributed by atoms with Crippen LogP contribution in [0.15, 0.2) is 18.2 Å². The fourth-order valence-corrected chi connectivity index (χ4v) is 5.71. The summed E-state index contributed by atoms with van der Waals surface area (Å²) in [5, 5.41) is 0.960. The van der Waals surface area contributed by atoms with Crippen LogP contribution in [0.1, 0.15) is 15.9 Å². The van der Waals surface area contributed by atoms with Gasteiger partial charge in [0.25, 0.3) is 5.91 Å². The smallest absolute Gasteiger partial charge is 0.256 e. The average molecular weight is 442 g/mol. The van der Waals surface area contributed by atoms with Crippen LogP contribution in [0.2, 0.25) is 8.67 Å². The first-order chi connectivity index (χ1) is 13.0. The number of halogens is 2. The number of rotatable bonds is 3. The molecule has 0 saturated carbocycles. The molecular formula is C18H17Cl2N3O2S2. The molecule has 0 unspecified atom stereocenters. The van der Waals surface area contributed by atoms with E-state index in [1.165, 1.54) is 16.9 Å². The van der Waals surface area contributed by atoms with E-state index >= 15 is 0 Å². The Balaban J connectivity index is 1.51. The molecule has 5 nitrogen and oxygen atoms in total. The minimum absolute atomic E-state index is 0.0652. The van der Waals surface area contributed by atoms with Gasteiger partial charge in [0.1, 0.15) is 15.6 Å². The molecule has 2 aromatic heterocycles. The normalized spacial score (nSPS) is 14.8. The van der Waals surface area contributed by atoms with Crippen LogP contribution >= 0.6 is 45.9 Å². The van der Waals surface area contributed by atoms with Gasteiger partial charge in [0.05, 0.1) is 21.7 Å². The van der Waals surface area contributed by atoms with E-state index in [0.29, 0.717) is 27.3 Å². The maximum absolute atomic E-state index is 12.7. The molecule has 1 aliphatic rings. The molecule has 9 heteroatoms. The summed E-state index contributed by atoms with van der Waals surface area (Å²) >= 11 is 15.0. The number of carbonyl (C=O) groups excluding carboxylic acids is 1. The fraction of sp³-hybridized carbons (Fsp3) is 0.333. The van der Waals surface area contributed by atoms with E-state index in [2.05, 4.69) is 17.9 Å². The van der Waals surface area contributed by atoms with E-state index in [1.54, 1.807) is 24.5 Å². The number of carbonyl (C=O) groups is 1. The lowest BCUT2D eigenvalue weighted by Crippen LogP contribution is -2.48. The number of hydrogen-bond acceptors (Lipinski definition) is 6. The molecule has 1 fully saturated rings. The van der Waals surface area contributed by atoms with Gasteiger partial charge < -0.3 is 14.5 Å². The summed E-state index contributed by atoms with van der Waals surface area (Å²) in [6.45, 7) is 4.77. The molecule has 0 bridgehead atoms. The highest BCUT2D eigenvalue weighted by atomic mass is 35.5. The van der Waals surface area contributed by atoms with E-state index in [-0.39, 0.29) is 5.91 Å². The molecule has 3 aromatic rings. The number of methoxy groups -OCH3 is 1. The molecule has 3 heterocycles. The van der Waals surface area contributed by atoms with Crippen molar-refractivity contribution in [1.82, 2.24) is 9.88 Å². The number of benzene rings is 1. The number of thiophene rings is 1. The number of ether oxygens (including phenoxy) is 1. The van der Waals surface area contributed by atoms with Gasteiger partial charge in [-0.25, -0.2) is 4.98 Å². The maximum Gasteiger partial charge on any atom is 0.256 e. The van der Waals surface area contributed by atoms with Crippen LogP contribution in [0.5, 0.6) is 5.75 Å². The molecule has 0 N–H and O–H groups in total. The SMILES string of the molecule is COc1ccc(C)c2sc(N3CCN(C(=O)c4cc(Cl)sc4Cl)CC3)nc12. The molecule has 0 radical (unpaired) electrons. The van der Waals surface area contributed by atoms with Gasteiger partial charge in [0.15, 0.2) is 5.13 Å². The van der Waals surface area contributed by atoms with Gasteiger partial charge in [-0.15, -0.1) is 11.3 Å². The standard InChI is InChI=1S/C18H17Cl2N3O2S2/c1-10-3-4-12(25-2)14-15(10)27-18(21-14)23-7-5-22(6-8-23)17(24)11-9-13(19)26-16(11)20/h3-4,9H,5-8H2,1-2H3. The molecule has 0 atom stereocenters. The molecule has 0 spiro atoms. The molecule has 0 aliphatic carbocycles. The zero-order valence-electron chi connectivity index (χ0n) is 14.8. The number of fused-ring (bicyclic) bond motifs is 1. The van der Waals surface area contributed by atoms with Gasteiger partial charge in [-0.2, -0.15) is 0 Å². The number of nitrogens with zero attached hydrogens (tertiary/aromatic N) is 3. The van der Waals surface area contributed by atoms with E-state index in [9.17, 15) is 4.79 Å². The van der Waals surface area contributed by atoms with Crippen LogP contribution in [-0.2, 0) is 0 Å². The number of anilines is 1. The van der Waals surface area contributed by atoms with Crippen molar-refractivity contribution in [3.05, 3.63) is 38.0 Å². The summed E-state index contributed by atoms with van der Waals surface area (Å²) in [7, 11) is 1.66. The van der Waals surface area contributed by atoms with Gasteiger partial charge in [-0.05, 0) is 24.6 Å². The van der Waals surface area contributed by atoms with Crippen LogP contribution in [0.3, 0.4) is 0 Å². The third-order valence-corrected chi connectivity index (χ3v) is 7.38. The summed E-state index contributed by atoms with van der Waals surface area (Å²) in [4.78, 5) is 21.5. The lowest BCUT2D eigenvalue weighted by Gasteiger charge is -2.34. The van der Waals surface area contributed by atoms with Crippen LogP contribution in [0, 0.1) is 6.92 Å². The molecule has 1 amide bonds. The lowest BCUT2D eigenvalue weighted by molar-refractivity contribution is 0.0747. The van der Waals surface area contributed by atoms with Crippen molar-refractivity contribution in [2.45, 2.75) is 6.92 Å². The van der Waals surface area contributed by atoms with Crippen molar-refractivity contribution in [3.8, 4) is 5.75 Å². The van der Waals surface area contributed by atoms with Gasteiger partial charge in [0.2, 0.25) is 0 Å². The molecule has 1 aromatic carbocycles. The van der Waals surface area contributed by atoms with Crippen molar-refractivity contribution >= 4 is 67.1 Å². The Labute approximate surface area is 175 Å². The number of thiazole rings is 1. The first-order valence-corrected chi connectivity index (χ1v) is 10.8. The quantitative estimate of drug-likeness (QED) is 0.576. The van der Waals surface area contributed by atoms with Gasteiger partial charge in [-0.3, -0.25) is 4.79 Å². The van der Waals surface area contributed by atoms with E-state index in [0.717, 1.165) is 34.2 Å². The molecule has 4 rings (SSSR count). The summed E-state index contributed by atoms with van der Waals surface area (Å²) in [6, 6.07) is 5.65. The Bertz CT molecular complexity index is 1010. The molecule has 1 saturated heterocycles. The Kier molecular flexibility index (Phi) is 5.20. The Morgan fingerprint density at radius 3 is 2.56 bits per heavy atom. The second kappa shape index (κ2) is 7.47. The summed E-state index contributed by atoms with van der Waals surface area (Å²) in [5.41, 5.74) is 2.57. The number of aromatic nitrogens is 1. The van der Waals surface area contributed by atoms with Gasteiger partial charge in [-0.1, -0.05) is 40.6 Å². The lowest BCUT2D eigenvalue weighted by atomic mass is 10.2. The predicted octanol–water partition coefficient (Wildman–Crippen LogP) is 4.94. The zero-order valence-corrected chi connectivity index (χ0v) is 17.9. The first kappa shape index (κ1) is 18.8. The molecular weight excluding hydrogens is 425 g/mol. The highest BCUT2D eigenvalue weighted by Crippen LogP contribution is 2.37. The maximum atomic E-state index is 12.7. The highest BCUT2D eigenvalue weighted by molar-refractivity contribution is 7.22. The monoisotopic (exact) mass is 441 g/mol. The zero-order chi connectivity index (χ0) is 19.1. The Hall–Kier alpha value is -1.54. The van der Waals surface area contributed by atoms with Crippen LogP contribution in [0.25, 0.3) is 10.2 Å². The second-order valence-electron chi connectivity index (χ2n) is 6.28. The van der Waals surface area contributed by atoms with E-state index < -0.39 is 0 Å². The minimum Gasteiger partial charge on any atom is -0.494 e. The Morgan fingerprint density at radius 1 is 1.19 bits per heavy atom. The predicted molar refractivity (Wildman–Crippen MR) is 113 cm³/mol. The number of aryl methyl sites for hydroxylation is 1. The van der Waals surface area contributed by atoms with Crippen molar-refractivity contribution < 1.29 is 9.53 Å². The number of amides is 1. The number of piperazine rings is 1. The number of hydrogen-bond donors (Lipinski definition) is 0. The second-order valence-corrected chi connectivity index (χ2v) is 9.54. The first-order valence-electron chi connectivity index (χ1n) is 8.41. The Morgan fingerprint density at radius 2 is 1.93 bits per heavy atom. The third kappa shape index (κ3) is 3.49. The molecule has 1 aliphatic heterocycles. The minimum atomic E-state index is -0.0652. The van der Waals surface area contributed by atoms with E-state index in [4.69, 9.17) is 32.9 Å². The third-order valence-electron chi connectivity index (χ3n) is 4.64. The van der Waals surface area contributed by atoms with Crippen LogP contribution < -0.4 is 9.64 Å². The van der Waals surface area contributed by atoms with Crippen molar-refractivity contribution in [2.75, 3.05) is 38.2 Å². The van der Waals surface area contributed by atoms with Crippen molar-refractivity contribution in [1.29, 1.82) is 0 Å². The van der Waals surface area contributed by atoms with Crippen LogP contribution in [-0.4, -0.2) is 49.1 Å².